The first kappa shape index (κ1) is 16.7. The van der Waals surface area contributed by atoms with Gasteiger partial charge in [-0.1, -0.05) is 12.1 Å². The Morgan fingerprint density at radius 1 is 1.17 bits per heavy atom. The van der Waals surface area contributed by atoms with Gasteiger partial charge < -0.3 is 10.2 Å². The lowest BCUT2D eigenvalue weighted by atomic mass is 10.0. The van der Waals surface area contributed by atoms with Crippen molar-refractivity contribution in [2.45, 2.75) is 33.7 Å². The molecule has 1 amide bonds. The van der Waals surface area contributed by atoms with Crippen LogP contribution in [0.2, 0.25) is 0 Å². The summed E-state index contributed by atoms with van der Waals surface area (Å²) in [6, 6.07) is 8.04. The molecule has 1 aliphatic heterocycles. The number of benzene rings is 1. The Hall–Kier alpha value is -2.14. The molecule has 5 nitrogen and oxygen atoms in total. The van der Waals surface area contributed by atoms with E-state index in [1.165, 1.54) is 16.8 Å². The molecule has 1 aromatic heterocycles. The normalized spacial score (nSPS) is 14.9. The summed E-state index contributed by atoms with van der Waals surface area (Å²) >= 11 is 0. The van der Waals surface area contributed by atoms with Crippen LogP contribution in [0.1, 0.15) is 39.8 Å². The predicted octanol–water partition coefficient (Wildman–Crippen LogP) is 2.16. The third kappa shape index (κ3) is 3.36. The molecule has 1 aromatic carbocycles. The van der Waals surface area contributed by atoms with Crippen LogP contribution >= 0.6 is 0 Å². The minimum Gasteiger partial charge on any atom is -0.336 e. The van der Waals surface area contributed by atoms with Crippen LogP contribution in [0, 0.1) is 13.8 Å². The third-order valence-electron chi connectivity index (χ3n) is 4.82. The molecule has 5 heteroatoms. The fraction of sp³-hybridized carbons (Fsp3) is 0.474. The summed E-state index contributed by atoms with van der Waals surface area (Å²) in [6.07, 6.45) is 0.861. The van der Waals surface area contributed by atoms with Gasteiger partial charge in [0.15, 0.2) is 0 Å². The predicted molar refractivity (Wildman–Crippen MR) is 95.4 cm³/mol. The van der Waals surface area contributed by atoms with Crippen molar-refractivity contribution in [1.82, 2.24) is 20.0 Å². The highest BCUT2D eigenvalue weighted by Gasteiger charge is 2.18. The first-order chi connectivity index (χ1) is 11.6. The van der Waals surface area contributed by atoms with Gasteiger partial charge in [-0.05, 0) is 38.5 Å². The summed E-state index contributed by atoms with van der Waals surface area (Å²) in [4.78, 5) is 14.4. The van der Waals surface area contributed by atoms with Crippen molar-refractivity contribution in [3.05, 3.63) is 52.3 Å². The number of rotatable bonds is 4. The van der Waals surface area contributed by atoms with Gasteiger partial charge in [-0.25, -0.2) is 0 Å². The van der Waals surface area contributed by atoms with Crippen molar-refractivity contribution in [3.63, 3.8) is 0 Å². The molecule has 128 valence electrons. The summed E-state index contributed by atoms with van der Waals surface area (Å²) in [5, 5.41) is 7.85. The van der Waals surface area contributed by atoms with E-state index in [2.05, 4.69) is 43.3 Å². The molecule has 0 bridgehead atoms. The number of carbonyl (C=O) groups is 1. The maximum atomic E-state index is 12.5. The van der Waals surface area contributed by atoms with Crippen molar-refractivity contribution in [3.8, 4) is 0 Å². The molecule has 1 fully saturated rings. The molecule has 1 N–H and O–H groups in total. The van der Waals surface area contributed by atoms with E-state index < -0.39 is 0 Å². The Morgan fingerprint density at radius 2 is 1.83 bits per heavy atom. The van der Waals surface area contributed by atoms with Gasteiger partial charge in [0.1, 0.15) is 0 Å². The van der Waals surface area contributed by atoms with E-state index in [0.717, 1.165) is 50.4 Å². The molecular weight excluding hydrogens is 300 g/mol. The van der Waals surface area contributed by atoms with Crippen LogP contribution in [-0.2, 0) is 13.0 Å². The van der Waals surface area contributed by atoms with E-state index in [1.54, 1.807) is 0 Å². The van der Waals surface area contributed by atoms with Gasteiger partial charge in [-0.3, -0.25) is 9.48 Å². The molecule has 2 aromatic rings. The highest BCUT2D eigenvalue weighted by atomic mass is 16.2. The zero-order chi connectivity index (χ0) is 17.1. The molecule has 3 rings (SSSR count). The minimum atomic E-state index is 0.134. The Labute approximate surface area is 143 Å². The van der Waals surface area contributed by atoms with Gasteiger partial charge in [0.2, 0.25) is 0 Å². The number of aryl methyl sites for hydroxylation is 2. The average molecular weight is 326 g/mol. The third-order valence-corrected chi connectivity index (χ3v) is 4.82. The van der Waals surface area contributed by atoms with E-state index in [0.29, 0.717) is 0 Å². The van der Waals surface area contributed by atoms with Crippen molar-refractivity contribution in [2.75, 3.05) is 26.2 Å². The number of nitrogens with zero attached hydrogens (tertiary/aromatic N) is 3. The fourth-order valence-corrected chi connectivity index (χ4v) is 3.32. The fourth-order valence-electron chi connectivity index (χ4n) is 3.32. The minimum absolute atomic E-state index is 0.134. The zero-order valence-electron chi connectivity index (χ0n) is 14.8. The van der Waals surface area contributed by atoms with Crippen LogP contribution in [0.25, 0.3) is 0 Å². The topological polar surface area (TPSA) is 50.2 Å². The van der Waals surface area contributed by atoms with E-state index in [1.807, 2.05) is 21.7 Å². The number of carbonyl (C=O) groups excluding carboxylic acids is 1. The summed E-state index contributed by atoms with van der Waals surface area (Å²) in [5.74, 6) is 0.134. The lowest BCUT2D eigenvalue weighted by molar-refractivity contribution is 0.0736. The Balaban J connectivity index is 1.73. The van der Waals surface area contributed by atoms with Crippen LogP contribution in [0.4, 0.5) is 0 Å². The van der Waals surface area contributed by atoms with Crippen LogP contribution in [0.5, 0.6) is 0 Å². The maximum absolute atomic E-state index is 12.5. The molecule has 0 atom stereocenters. The van der Waals surface area contributed by atoms with Crippen LogP contribution in [-0.4, -0.2) is 46.8 Å². The van der Waals surface area contributed by atoms with Gasteiger partial charge in [-0.2, -0.15) is 5.10 Å². The largest absolute Gasteiger partial charge is 0.336 e. The van der Waals surface area contributed by atoms with E-state index in [4.69, 9.17) is 0 Å². The highest BCUT2D eigenvalue weighted by Crippen LogP contribution is 2.18. The average Bonchev–Trinajstić information content (AvgIpc) is 2.90. The molecule has 0 saturated carbocycles. The zero-order valence-corrected chi connectivity index (χ0v) is 14.8. The monoisotopic (exact) mass is 326 g/mol. The van der Waals surface area contributed by atoms with Crippen molar-refractivity contribution in [2.24, 2.45) is 0 Å². The number of hydrogen-bond acceptors (Lipinski definition) is 3. The van der Waals surface area contributed by atoms with Crippen molar-refractivity contribution >= 4 is 5.91 Å². The molecule has 0 radical (unpaired) electrons. The molecule has 0 unspecified atom stereocenters. The van der Waals surface area contributed by atoms with Crippen LogP contribution in [0.15, 0.2) is 24.3 Å². The van der Waals surface area contributed by atoms with Gasteiger partial charge in [0.05, 0.1) is 5.69 Å². The van der Waals surface area contributed by atoms with E-state index in [9.17, 15) is 4.79 Å². The number of aromatic nitrogens is 2. The summed E-state index contributed by atoms with van der Waals surface area (Å²) in [5.41, 5.74) is 5.61. The van der Waals surface area contributed by atoms with Gasteiger partial charge >= 0.3 is 0 Å². The second-order valence-electron chi connectivity index (χ2n) is 6.38. The van der Waals surface area contributed by atoms with Crippen LogP contribution in [0.3, 0.4) is 0 Å². The maximum Gasteiger partial charge on any atom is 0.253 e. The second kappa shape index (κ2) is 7.18. The molecule has 1 saturated heterocycles. The number of piperazine rings is 1. The Bertz CT molecular complexity index is 712. The standard InChI is InChI=1S/C19H26N4O/c1-4-23-15(3)18(14(2)21-23)13-16-5-7-17(8-6-16)19(24)22-11-9-20-10-12-22/h5-8,20H,4,9-13H2,1-3H3. The quantitative estimate of drug-likeness (QED) is 0.937. The number of amides is 1. The SMILES string of the molecule is CCn1nc(C)c(Cc2ccc(C(=O)N3CCNCC3)cc2)c1C. The first-order valence-electron chi connectivity index (χ1n) is 8.72. The van der Waals surface area contributed by atoms with Crippen molar-refractivity contribution < 1.29 is 4.79 Å². The highest BCUT2D eigenvalue weighted by molar-refractivity contribution is 5.94. The second-order valence-corrected chi connectivity index (χ2v) is 6.38. The van der Waals surface area contributed by atoms with Gasteiger partial charge in [0.25, 0.3) is 5.91 Å². The van der Waals surface area contributed by atoms with Gasteiger partial charge in [0, 0.05) is 56.0 Å². The van der Waals surface area contributed by atoms with Crippen LogP contribution < -0.4 is 5.32 Å². The van der Waals surface area contributed by atoms with E-state index >= 15 is 0 Å². The number of hydrogen-bond donors (Lipinski definition) is 1. The molecular formula is C19H26N4O. The number of nitrogens with one attached hydrogen (secondary N) is 1. The van der Waals surface area contributed by atoms with Crippen molar-refractivity contribution in [1.29, 1.82) is 0 Å². The van der Waals surface area contributed by atoms with Gasteiger partial charge in [-0.15, -0.1) is 0 Å². The lowest BCUT2D eigenvalue weighted by Crippen LogP contribution is -2.46. The molecule has 2 heterocycles. The molecule has 1 aliphatic rings. The first-order valence-corrected chi connectivity index (χ1v) is 8.72. The molecule has 24 heavy (non-hydrogen) atoms. The Morgan fingerprint density at radius 3 is 2.42 bits per heavy atom. The van der Waals surface area contributed by atoms with E-state index in [-0.39, 0.29) is 5.91 Å². The summed E-state index contributed by atoms with van der Waals surface area (Å²) in [7, 11) is 0. The molecule has 0 spiro atoms. The lowest BCUT2D eigenvalue weighted by Gasteiger charge is -2.27. The molecule has 0 aliphatic carbocycles. The smallest absolute Gasteiger partial charge is 0.253 e. The Kier molecular flexibility index (Phi) is 5.00. The summed E-state index contributed by atoms with van der Waals surface area (Å²) < 4.78 is 2.05. The summed E-state index contributed by atoms with van der Waals surface area (Å²) in [6.45, 7) is 10.5.